The van der Waals surface area contributed by atoms with Crippen LogP contribution in [0.1, 0.15) is 44.2 Å². The van der Waals surface area contributed by atoms with Crippen LogP contribution in [0.25, 0.3) is 0 Å². The van der Waals surface area contributed by atoms with E-state index in [2.05, 4.69) is 36.2 Å². The van der Waals surface area contributed by atoms with Crippen molar-refractivity contribution in [2.75, 3.05) is 11.9 Å². The van der Waals surface area contributed by atoms with Gasteiger partial charge in [0.05, 0.1) is 0 Å². The molecule has 0 unspecified atom stereocenters. The number of benzene rings is 1. The van der Waals surface area contributed by atoms with Crippen LogP contribution in [0.3, 0.4) is 0 Å². The number of anilines is 1. The van der Waals surface area contributed by atoms with Crippen molar-refractivity contribution in [2.45, 2.75) is 44.7 Å². The fourth-order valence-corrected chi connectivity index (χ4v) is 2.52. The van der Waals surface area contributed by atoms with Crippen LogP contribution in [0.15, 0.2) is 24.3 Å². The van der Waals surface area contributed by atoms with E-state index in [1.807, 2.05) is 6.92 Å². The lowest BCUT2D eigenvalue weighted by Crippen LogP contribution is -2.28. The van der Waals surface area contributed by atoms with Gasteiger partial charge in [0.2, 0.25) is 0 Å². The normalized spacial score (nSPS) is 18.7. The van der Waals surface area contributed by atoms with E-state index in [1.54, 1.807) is 0 Å². The van der Waals surface area contributed by atoms with E-state index < -0.39 is 0 Å². The third kappa shape index (κ3) is 2.38. The summed E-state index contributed by atoms with van der Waals surface area (Å²) in [5, 5.41) is 0. The van der Waals surface area contributed by atoms with Gasteiger partial charge < -0.3 is 10.6 Å². The molecule has 2 nitrogen and oxygen atoms in total. The van der Waals surface area contributed by atoms with Gasteiger partial charge in [-0.3, -0.25) is 0 Å². The Morgan fingerprint density at radius 3 is 2.25 bits per heavy atom. The van der Waals surface area contributed by atoms with Crippen LogP contribution < -0.4 is 10.6 Å². The van der Waals surface area contributed by atoms with Crippen LogP contribution in [-0.2, 0) is 0 Å². The smallest absolute Gasteiger partial charge is 0.0366 e. The molecule has 2 N–H and O–H groups in total. The molecule has 2 rings (SSSR count). The van der Waals surface area contributed by atoms with Crippen LogP contribution >= 0.6 is 0 Å². The fourth-order valence-electron chi connectivity index (χ4n) is 2.52. The van der Waals surface area contributed by atoms with Gasteiger partial charge in [-0.15, -0.1) is 0 Å². The van der Waals surface area contributed by atoms with Crippen molar-refractivity contribution in [2.24, 2.45) is 5.73 Å². The van der Waals surface area contributed by atoms with Gasteiger partial charge >= 0.3 is 0 Å². The summed E-state index contributed by atoms with van der Waals surface area (Å²) in [5.74, 6) is 0. The molecule has 0 bridgehead atoms. The molecule has 1 aliphatic carbocycles. The summed E-state index contributed by atoms with van der Waals surface area (Å²) in [6.45, 7) is 2.02. The van der Waals surface area contributed by atoms with Crippen molar-refractivity contribution in [3.63, 3.8) is 0 Å². The first-order chi connectivity index (χ1) is 7.68. The minimum absolute atomic E-state index is 0.130. The minimum atomic E-state index is 0.130. The molecular weight excluding hydrogens is 196 g/mol. The highest BCUT2D eigenvalue weighted by molar-refractivity contribution is 5.48. The maximum Gasteiger partial charge on any atom is 0.0366 e. The molecule has 1 aliphatic rings. The molecule has 1 fully saturated rings. The van der Waals surface area contributed by atoms with Crippen LogP contribution in [0.4, 0.5) is 5.69 Å². The maximum atomic E-state index is 5.85. The fraction of sp³-hybridized carbons (Fsp3) is 0.571. The van der Waals surface area contributed by atoms with E-state index >= 15 is 0 Å². The van der Waals surface area contributed by atoms with Crippen molar-refractivity contribution < 1.29 is 0 Å². The molecule has 0 spiro atoms. The van der Waals surface area contributed by atoms with Gasteiger partial charge in [-0.05, 0) is 37.5 Å². The lowest BCUT2D eigenvalue weighted by atomic mass is 10.1. The highest BCUT2D eigenvalue weighted by atomic mass is 15.1. The van der Waals surface area contributed by atoms with E-state index in [9.17, 15) is 0 Å². The Hall–Kier alpha value is -1.02. The molecule has 1 atom stereocenters. The number of rotatable bonds is 3. The Balaban J connectivity index is 2.08. The van der Waals surface area contributed by atoms with E-state index in [0.29, 0.717) is 0 Å². The van der Waals surface area contributed by atoms with Crippen LogP contribution in [0, 0.1) is 0 Å². The maximum absolute atomic E-state index is 5.85. The zero-order valence-electron chi connectivity index (χ0n) is 10.3. The zero-order chi connectivity index (χ0) is 11.5. The summed E-state index contributed by atoms with van der Waals surface area (Å²) in [6, 6.07) is 9.54. The van der Waals surface area contributed by atoms with Crippen molar-refractivity contribution >= 4 is 5.69 Å². The molecule has 1 aromatic carbocycles. The first-order valence-corrected chi connectivity index (χ1v) is 6.27. The Kier molecular flexibility index (Phi) is 3.49. The average Bonchev–Trinajstić information content (AvgIpc) is 2.81. The molecule has 0 amide bonds. The number of hydrogen-bond donors (Lipinski definition) is 1. The SMILES string of the molecule is C[C@H](N)c1ccc(N(C)C2CCCC2)cc1. The summed E-state index contributed by atoms with van der Waals surface area (Å²) in [5.41, 5.74) is 8.38. The summed E-state index contributed by atoms with van der Waals surface area (Å²) >= 11 is 0. The highest BCUT2D eigenvalue weighted by Crippen LogP contribution is 2.27. The predicted molar refractivity (Wildman–Crippen MR) is 69.7 cm³/mol. The van der Waals surface area contributed by atoms with Gasteiger partial charge in [0.1, 0.15) is 0 Å². The van der Waals surface area contributed by atoms with Crippen molar-refractivity contribution in [3.05, 3.63) is 29.8 Å². The topological polar surface area (TPSA) is 29.3 Å². The molecule has 0 aromatic heterocycles. The van der Waals surface area contributed by atoms with Crippen LogP contribution in [0.2, 0.25) is 0 Å². The Morgan fingerprint density at radius 1 is 1.19 bits per heavy atom. The van der Waals surface area contributed by atoms with Crippen molar-refractivity contribution in [3.8, 4) is 0 Å². The van der Waals surface area contributed by atoms with Gasteiger partial charge in [-0.1, -0.05) is 25.0 Å². The quantitative estimate of drug-likeness (QED) is 0.844. The van der Waals surface area contributed by atoms with Gasteiger partial charge in [-0.25, -0.2) is 0 Å². The summed E-state index contributed by atoms with van der Waals surface area (Å²) in [4.78, 5) is 2.41. The van der Waals surface area contributed by atoms with Gasteiger partial charge in [0.25, 0.3) is 0 Å². The third-order valence-electron chi connectivity index (χ3n) is 3.70. The standard InChI is InChI=1S/C14H22N2/c1-11(15)12-7-9-14(10-8-12)16(2)13-5-3-4-6-13/h7-11,13H,3-6,15H2,1-2H3/t11-/m0/s1. The minimum Gasteiger partial charge on any atom is -0.372 e. The molecule has 0 heterocycles. The Labute approximate surface area is 98.4 Å². The summed E-state index contributed by atoms with van der Waals surface area (Å²) in [6.07, 6.45) is 5.44. The lowest BCUT2D eigenvalue weighted by Gasteiger charge is -2.26. The van der Waals surface area contributed by atoms with Gasteiger partial charge in [0, 0.05) is 24.8 Å². The molecule has 0 aliphatic heterocycles. The van der Waals surface area contributed by atoms with Crippen LogP contribution in [-0.4, -0.2) is 13.1 Å². The summed E-state index contributed by atoms with van der Waals surface area (Å²) in [7, 11) is 2.21. The van der Waals surface area contributed by atoms with E-state index in [1.165, 1.54) is 36.9 Å². The van der Waals surface area contributed by atoms with Crippen LogP contribution in [0.5, 0.6) is 0 Å². The van der Waals surface area contributed by atoms with E-state index in [4.69, 9.17) is 5.73 Å². The molecule has 2 heteroatoms. The van der Waals surface area contributed by atoms with Gasteiger partial charge in [-0.2, -0.15) is 0 Å². The first kappa shape index (κ1) is 11.5. The number of hydrogen-bond acceptors (Lipinski definition) is 2. The second-order valence-electron chi connectivity index (χ2n) is 4.93. The van der Waals surface area contributed by atoms with Crippen molar-refractivity contribution in [1.29, 1.82) is 0 Å². The highest BCUT2D eigenvalue weighted by Gasteiger charge is 2.19. The molecular formula is C14H22N2. The largest absolute Gasteiger partial charge is 0.372 e. The molecule has 88 valence electrons. The predicted octanol–water partition coefficient (Wildman–Crippen LogP) is 3.09. The van der Waals surface area contributed by atoms with E-state index in [-0.39, 0.29) is 6.04 Å². The molecule has 0 saturated heterocycles. The molecule has 1 aromatic rings. The first-order valence-electron chi connectivity index (χ1n) is 6.27. The summed E-state index contributed by atoms with van der Waals surface area (Å²) < 4.78 is 0. The zero-order valence-corrected chi connectivity index (χ0v) is 10.3. The third-order valence-corrected chi connectivity index (χ3v) is 3.70. The molecule has 1 saturated carbocycles. The Morgan fingerprint density at radius 2 is 1.75 bits per heavy atom. The van der Waals surface area contributed by atoms with E-state index in [0.717, 1.165) is 6.04 Å². The second-order valence-corrected chi connectivity index (χ2v) is 4.93. The second kappa shape index (κ2) is 4.88. The average molecular weight is 218 g/mol. The number of nitrogens with two attached hydrogens (primary N) is 1. The molecule has 0 radical (unpaired) electrons. The van der Waals surface area contributed by atoms with Gasteiger partial charge in [0.15, 0.2) is 0 Å². The number of nitrogens with zero attached hydrogens (tertiary/aromatic N) is 1. The molecule has 16 heavy (non-hydrogen) atoms. The van der Waals surface area contributed by atoms with Crippen molar-refractivity contribution in [1.82, 2.24) is 0 Å². The Bertz CT molecular complexity index is 323. The monoisotopic (exact) mass is 218 g/mol. The lowest BCUT2D eigenvalue weighted by molar-refractivity contribution is 0.653.